The molecule has 1 aliphatic rings. The molecule has 0 fully saturated rings. The predicted octanol–water partition coefficient (Wildman–Crippen LogP) is 4.08. The van der Waals surface area contributed by atoms with Crippen LogP contribution in [0, 0.1) is 13.8 Å². The summed E-state index contributed by atoms with van der Waals surface area (Å²) in [6.07, 6.45) is 6.65. The molecule has 0 radical (unpaired) electrons. The van der Waals surface area contributed by atoms with Crippen molar-refractivity contribution in [2.24, 2.45) is 0 Å². The minimum absolute atomic E-state index is 0.0365. The molecular formula is C22H26N4O2S. The van der Waals surface area contributed by atoms with Crippen LogP contribution in [0.5, 0.6) is 5.75 Å². The second-order valence-electron chi connectivity index (χ2n) is 7.38. The molecule has 0 unspecified atom stereocenters. The number of rotatable bonds is 6. The van der Waals surface area contributed by atoms with Crippen LogP contribution in [0.2, 0.25) is 0 Å². The first-order chi connectivity index (χ1) is 14.1. The van der Waals surface area contributed by atoms with Crippen molar-refractivity contribution in [1.82, 2.24) is 14.5 Å². The Hall–Kier alpha value is -2.64. The van der Waals surface area contributed by atoms with Gasteiger partial charge in [-0.2, -0.15) is 0 Å². The van der Waals surface area contributed by atoms with E-state index in [0.29, 0.717) is 12.2 Å². The van der Waals surface area contributed by atoms with E-state index in [0.717, 1.165) is 36.8 Å². The number of aromatic nitrogens is 2. The molecule has 0 spiro atoms. The number of hydrogen-bond acceptors (Lipinski definition) is 5. The Morgan fingerprint density at radius 2 is 2.00 bits per heavy atom. The van der Waals surface area contributed by atoms with Crippen LogP contribution in [0.4, 0.5) is 5.00 Å². The lowest BCUT2D eigenvalue weighted by Crippen LogP contribution is -2.45. The van der Waals surface area contributed by atoms with Crippen molar-refractivity contribution in [3.05, 3.63) is 64.6 Å². The van der Waals surface area contributed by atoms with E-state index in [1.807, 2.05) is 41.7 Å². The molecule has 0 saturated carbocycles. The number of carbonyl (C=O) groups is 1. The summed E-state index contributed by atoms with van der Waals surface area (Å²) in [4.78, 5) is 23.0. The topological polar surface area (TPSA) is 50.6 Å². The van der Waals surface area contributed by atoms with Crippen LogP contribution in [-0.4, -0.2) is 40.7 Å². The van der Waals surface area contributed by atoms with E-state index in [-0.39, 0.29) is 5.91 Å². The van der Waals surface area contributed by atoms with Crippen molar-refractivity contribution >= 4 is 22.2 Å². The van der Waals surface area contributed by atoms with Crippen molar-refractivity contribution in [2.45, 2.75) is 33.4 Å². The number of benzene rings is 1. The van der Waals surface area contributed by atoms with Gasteiger partial charge in [0.15, 0.2) is 0 Å². The molecule has 1 aromatic carbocycles. The maximum absolute atomic E-state index is 13.3. The Bertz CT molecular complexity index is 979. The van der Waals surface area contributed by atoms with Crippen molar-refractivity contribution in [3.63, 3.8) is 0 Å². The molecule has 29 heavy (non-hydrogen) atoms. The maximum Gasteiger partial charge on any atom is 0.260 e. The Balaban J connectivity index is 1.54. The Morgan fingerprint density at radius 3 is 2.69 bits per heavy atom. The summed E-state index contributed by atoms with van der Waals surface area (Å²) in [5.74, 6) is 0.791. The minimum atomic E-state index is 0.0365. The van der Waals surface area contributed by atoms with Gasteiger partial charge < -0.3 is 9.30 Å². The summed E-state index contributed by atoms with van der Waals surface area (Å²) < 4.78 is 7.32. The number of thiophene rings is 1. The maximum atomic E-state index is 13.3. The van der Waals surface area contributed by atoms with E-state index in [1.54, 1.807) is 24.6 Å². The van der Waals surface area contributed by atoms with Crippen molar-refractivity contribution < 1.29 is 9.53 Å². The molecule has 0 saturated heterocycles. The van der Waals surface area contributed by atoms with Crippen molar-refractivity contribution in [3.8, 4) is 5.75 Å². The van der Waals surface area contributed by atoms with Crippen molar-refractivity contribution in [2.75, 3.05) is 25.2 Å². The van der Waals surface area contributed by atoms with Gasteiger partial charge in [0.05, 0.1) is 20.1 Å². The predicted molar refractivity (Wildman–Crippen MR) is 116 cm³/mol. The van der Waals surface area contributed by atoms with Crippen LogP contribution in [0.3, 0.4) is 0 Å². The molecule has 0 N–H and O–H groups in total. The zero-order valence-corrected chi connectivity index (χ0v) is 17.9. The quantitative estimate of drug-likeness (QED) is 0.614. The normalized spacial score (nSPS) is 14.1. The van der Waals surface area contributed by atoms with Crippen LogP contribution in [0.25, 0.3) is 0 Å². The third-order valence-corrected chi connectivity index (χ3v) is 6.76. The Morgan fingerprint density at radius 1 is 1.21 bits per heavy atom. The monoisotopic (exact) mass is 410 g/mol. The van der Waals surface area contributed by atoms with E-state index in [9.17, 15) is 4.79 Å². The van der Waals surface area contributed by atoms with Crippen LogP contribution in [0.15, 0.2) is 43.0 Å². The van der Waals surface area contributed by atoms with Gasteiger partial charge in [-0.05, 0) is 50.1 Å². The first-order valence-electron chi connectivity index (χ1n) is 9.79. The summed E-state index contributed by atoms with van der Waals surface area (Å²) in [5.41, 5.74) is 3.26. The highest BCUT2D eigenvalue weighted by molar-refractivity contribution is 7.16. The van der Waals surface area contributed by atoms with E-state index in [2.05, 4.69) is 28.3 Å². The number of amides is 1. The van der Waals surface area contributed by atoms with Gasteiger partial charge in [-0.1, -0.05) is 0 Å². The highest BCUT2D eigenvalue weighted by Crippen LogP contribution is 2.39. The van der Waals surface area contributed by atoms with Gasteiger partial charge in [0, 0.05) is 48.0 Å². The molecule has 152 valence electrons. The van der Waals surface area contributed by atoms with E-state index in [4.69, 9.17) is 4.74 Å². The summed E-state index contributed by atoms with van der Waals surface area (Å²) in [5, 5.41) is 1.09. The lowest BCUT2D eigenvalue weighted by molar-refractivity contribution is 0.0958. The standard InChI is InChI=1S/C22H26N4O2S/c1-16-17(2)29-22-20(16)13-25(11-4-10-24-12-9-23-14-24)15-26(22)21(27)18-5-7-19(28-3)8-6-18/h5-9,12,14H,4,10-11,13,15H2,1-3H3. The second-order valence-corrected chi connectivity index (χ2v) is 8.58. The summed E-state index contributed by atoms with van der Waals surface area (Å²) in [6.45, 7) is 7.66. The molecule has 0 bridgehead atoms. The number of imidazole rings is 1. The van der Waals surface area contributed by atoms with E-state index >= 15 is 0 Å². The first kappa shape index (κ1) is 19.7. The average molecular weight is 411 g/mol. The fraction of sp³-hybridized carbons (Fsp3) is 0.364. The number of nitrogens with zero attached hydrogens (tertiary/aromatic N) is 4. The van der Waals surface area contributed by atoms with Crippen LogP contribution < -0.4 is 9.64 Å². The third kappa shape index (κ3) is 4.06. The van der Waals surface area contributed by atoms with E-state index < -0.39 is 0 Å². The molecule has 1 amide bonds. The molecule has 0 atom stereocenters. The van der Waals surface area contributed by atoms with Gasteiger partial charge in [-0.3, -0.25) is 14.6 Å². The summed E-state index contributed by atoms with van der Waals surface area (Å²) in [7, 11) is 1.63. The number of anilines is 1. The van der Waals surface area contributed by atoms with Gasteiger partial charge in [0.2, 0.25) is 0 Å². The van der Waals surface area contributed by atoms with Gasteiger partial charge >= 0.3 is 0 Å². The van der Waals surface area contributed by atoms with Gasteiger partial charge in [-0.15, -0.1) is 11.3 Å². The zero-order chi connectivity index (χ0) is 20.4. The van der Waals surface area contributed by atoms with Crippen LogP contribution in [-0.2, 0) is 13.1 Å². The van der Waals surface area contributed by atoms with Gasteiger partial charge in [0.25, 0.3) is 5.91 Å². The molecule has 2 aromatic heterocycles. The largest absolute Gasteiger partial charge is 0.497 e. The third-order valence-electron chi connectivity index (χ3n) is 5.49. The Kier molecular flexibility index (Phi) is 5.69. The highest BCUT2D eigenvalue weighted by atomic mass is 32.1. The fourth-order valence-corrected chi connectivity index (χ4v) is 4.85. The molecule has 1 aliphatic heterocycles. The smallest absolute Gasteiger partial charge is 0.260 e. The summed E-state index contributed by atoms with van der Waals surface area (Å²) >= 11 is 1.72. The molecule has 4 rings (SSSR count). The number of hydrogen-bond donors (Lipinski definition) is 0. The number of ether oxygens (including phenoxy) is 1. The van der Waals surface area contributed by atoms with Crippen molar-refractivity contribution in [1.29, 1.82) is 0 Å². The lowest BCUT2D eigenvalue weighted by Gasteiger charge is -2.35. The highest BCUT2D eigenvalue weighted by Gasteiger charge is 2.31. The lowest BCUT2D eigenvalue weighted by atomic mass is 10.1. The zero-order valence-electron chi connectivity index (χ0n) is 17.1. The molecule has 3 aromatic rings. The number of fused-ring (bicyclic) bond motifs is 1. The number of methoxy groups -OCH3 is 1. The first-order valence-corrected chi connectivity index (χ1v) is 10.6. The Labute approximate surface area is 175 Å². The molecular weight excluding hydrogens is 384 g/mol. The molecule has 6 nitrogen and oxygen atoms in total. The van der Waals surface area contributed by atoms with Gasteiger partial charge in [0.1, 0.15) is 10.8 Å². The molecule has 7 heteroatoms. The van der Waals surface area contributed by atoms with E-state index in [1.165, 1.54) is 16.0 Å². The average Bonchev–Trinajstić information content (AvgIpc) is 3.36. The fourth-order valence-electron chi connectivity index (χ4n) is 3.69. The number of aryl methyl sites for hydroxylation is 2. The minimum Gasteiger partial charge on any atom is -0.497 e. The number of carbonyl (C=O) groups excluding carboxylic acids is 1. The van der Waals surface area contributed by atoms with Gasteiger partial charge in [-0.25, -0.2) is 4.98 Å². The molecule has 3 heterocycles. The second kappa shape index (κ2) is 8.39. The summed E-state index contributed by atoms with van der Waals surface area (Å²) in [6, 6.07) is 7.36. The van der Waals surface area contributed by atoms with Crippen LogP contribution >= 0.6 is 11.3 Å². The SMILES string of the molecule is COc1ccc(C(=O)N2CN(CCCn3ccnc3)Cc3c2sc(C)c3C)cc1. The van der Waals surface area contributed by atoms with Crippen LogP contribution in [0.1, 0.15) is 32.8 Å². The molecule has 0 aliphatic carbocycles.